The SMILES string of the molecule is c1ccc(-c2cc(-c3ccccc3)cc(-n3c4ccccc4c4cc5c(cc43)c3ccccc3n5-c3cc(-c4ccccc4)c4ccccc4c3)c2)cc1. The van der Waals surface area contributed by atoms with Gasteiger partial charge in [-0.1, -0.05) is 152 Å². The Labute approximate surface area is 313 Å². The zero-order valence-corrected chi connectivity index (χ0v) is 29.5. The van der Waals surface area contributed by atoms with Crippen molar-refractivity contribution >= 4 is 54.4 Å². The lowest BCUT2D eigenvalue weighted by molar-refractivity contribution is 1.18. The Morgan fingerprint density at radius 2 is 0.667 bits per heavy atom. The van der Waals surface area contributed by atoms with Gasteiger partial charge in [0, 0.05) is 32.9 Å². The molecule has 54 heavy (non-hydrogen) atoms. The molecule has 2 aromatic heterocycles. The van der Waals surface area contributed by atoms with E-state index in [2.05, 4.69) is 215 Å². The van der Waals surface area contributed by atoms with Gasteiger partial charge in [-0.05, 0) is 98.8 Å². The molecule has 0 unspecified atom stereocenters. The summed E-state index contributed by atoms with van der Waals surface area (Å²) < 4.78 is 4.94. The number of para-hydroxylation sites is 2. The maximum Gasteiger partial charge on any atom is 0.0548 e. The molecule has 0 amide bonds. The van der Waals surface area contributed by atoms with Crippen molar-refractivity contribution in [3.05, 3.63) is 206 Å². The van der Waals surface area contributed by atoms with E-state index >= 15 is 0 Å². The highest BCUT2D eigenvalue weighted by Gasteiger charge is 2.20. The Kier molecular flexibility index (Phi) is 6.90. The van der Waals surface area contributed by atoms with Crippen molar-refractivity contribution < 1.29 is 0 Å². The van der Waals surface area contributed by atoms with Gasteiger partial charge in [-0.3, -0.25) is 0 Å². The lowest BCUT2D eigenvalue weighted by Gasteiger charge is -2.15. The van der Waals surface area contributed by atoms with Gasteiger partial charge in [-0.2, -0.15) is 0 Å². The topological polar surface area (TPSA) is 9.86 Å². The van der Waals surface area contributed by atoms with Crippen LogP contribution in [0.3, 0.4) is 0 Å². The van der Waals surface area contributed by atoms with Gasteiger partial charge in [0.05, 0.1) is 22.1 Å². The first-order valence-corrected chi connectivity index (χ1v) is 18.6. The maximum atomic E-state index is 2.47. The number of fused-ring (bicyclic) bond motifs is 7. The first-order chi connectivity index (χ1) is 26.8. The standard InChI is InChI=1S/C52H34N2/c1-4-16-35(17-5-1)39-28-40(36-18-6-2-7-19-36)31-41(30-39)53-49-26-14-12-24-44(49)47-34-52-48(33-51(47)53)45-25-13-15-27-50(45)54(52)42-29-38-22-10-11-23-43(38)46(32-42)37-20-8-3-9-21-37/h1-34H. The molecule has 11 rings (SSSR count). The summed E-state index contributed by atoms with van der Waals surface area (Å²) in [7, 11) is 0. The monoisotopic (exact) mass is 686 g/mol. The fourth-order valence-corrected chi connectivity index (χ4v) is 8.60. The third-order valence-corrected chi connectivity index (χ3v) is 11.0. The number of hydrogen-bond donors (Lipinski definition) is 0. The highest BCUT2D eigenvalue weighted by atomic mass is 15.0. The second-order valence-electron chi connectivity index (χ2n) is 14.2. The molecule has 9 aromatic carbocycles. The zero-order valence-electron chi connectivity index (χ0n) is 29.5. The van der Waals surface area contributed by atoms with E-state index in [1.165, 1.54) is 87.8 Å². The van der Waals surface area contributed by atoms with Crippen LogP contribution in [0.2, 0.25) is 0 Å². The van der Waals surface area contributed by atoms with Gasteiger partial charge in [0.15, 0.2) is 0 Å². The third-order valence-electron chi connectivity index (χ3n) is 11.0. The molecule has 2 heterocycles. The number of nitrogens with zero attached hydrogens (tertiary/aromatic N) is 2. The summed E-state index contributed by atoms with van der Waals surface area (Å²) in [6.07, 6.45) is 0. The van der Waals surface area contributed by atoms with E-state index < -0.39 is 0 Å². The molecule has 0 aliphatic heterocycles. The van der Waals surface area contributed by atoms with E-state index in [1.807, 2.05) is 0 Å². The normalized spacial score (nSPS) is 11.7. The number of benzene rings is 9. The summed E-state index contributed by atoms with van der Waals surface area (Å²) in [6, 6.07) is 75.3. The van der Waals surface area contributed by atoms with E-state index in [4.69, 9.17) is 0 Å². The van der Waals surface area contributed by atoms with Gasteiger partial charge in [-0.15, -0.1) is 0 Å². The zero-order chi connectivity index (χ0) is 35.6. The fraction of sp³-hybridized carbons (Fsp3) is 0. The number of aromatic nitrogens is 2. The summed E-state index contributed by atoms with van der Waals surface area (Å²) in [6.45, 7) is 0. The first kappa shape index (κ1) is 30.5. The van der Waals surface area contributed by atoms with Gasteiger partial charge in [-0.25, -0.2) is 0 Å². The molecule has 0 saturated heterocycles. The van der Waals surface area contributed by atoms with Crippen molar-refractivity contribution in [3.8, 4) is 44.8 Å². The largest absolute Gasteiger partial charge is 0.309 e. The molecule has 0 bridgehead atoms. The van der Waals surface area contributed by atoms with Crippen LogP contribution in [0.5, 0.6) is 0 Å². The van der Waals surface area contributed by atoms with Crippen LogP contribution in [0.25, 0.3) is 99.1 Å². The predicted octanol–water partition coefficient (Wildman–Crippen LogP) is 14.0. The average Bonchev–Trinajstić information content (AvgIpc) is 3.75. The van der Waals surface area contributed by atoms with Gasteiger partial charge < -0.3 is 9.13 Å². The summed E-state index contributed by atoms with van der Waals surface area (Å²) in [4.78, 5) is 0. The molecule has 0 N–H and O–H groups in total. The van der Waals surface area contributed by atoms with Gasteiger partial charge in [0.1, 0.15) is 0 Å². The van der Waals surface area contributed by atoms with E-state index in [0.717, 1.165) is 11.4 Å². The lowest BCUT2D eigenvalue weighted by atomic mass is 9.97. The molecule has 0 aliphatic carbocycles. The van der Waals surface area contributed by atoms with E-state index in [-0.39, 0.29) is 0 Å². The molecule has 0 radical (unpaired) electrons. The quantitative estimate of drug-likeness (QED) is 0.171. The van der Waals surface area contributed by atoms with Crippen molar-refractivity contribution in [2.75, 3.05) is 0 Å². The van der Waals surface area contributed by atoms with Crippen molar-refractivity contribution in [3.63, 3.8) is 0 Å². The smallest absolute Gasteiger partial charge is 0.0548 e. The summed E-state index contributed by atoms with van der Waals surface area (Å²) >= 11 is 0. The van der Waals surface area contributed by atoms with Crippen LogP contribution in [0.4, 0.5) is 0 Å². The van der Waals surface area contributed by atoms with Gasteiger partial charge in [0.2, 0.25) is 0 Å². The molecule has 0 spiro atoms. The molecule has 252 valence electrons. The molecular formula is C52H34N2. The second kappa shape index (κ2) is 12.2. The minimum absolute atomic E-state index is 1.14. The highest BCUT2D eigenvalue weighted by Crippen LogP contribution is 2.42. The molecule has 0 aliphatic rings. The molecule has 11 aromatic rings. The van der Waals surface area contributed by atoms with Crippen molar-refractivity contribution in [1.82, 2.24) is 9.13 Å². The van der Waals surface area contributed by atoms with Gasteiger partial charge in [0.25, 0.3) is 0 Å². The molecule has 2 nitrogen and oxygen atoms in total. The molecule has 0 atom stereocenters. The highest BCUT2D eigenvalue weighted by molar-refractivity contribution is 6.19. The Morgan fingerprint density at radius 3 is 1.20 bits per heavy atom. The Bertz CT molecular complexity index is 3130. The third kappa shape index (κ3) is 4.81. The van der Waals surface area contributed by atoms with Crippen molar-refractivity contribution in [2.24, 2.45) is 0 Å². The van der Waals surface area contributed by atoms with Crippen LogP contribution >= 0.6 is 0 Å². The molecule has 2 heteroatoms. The van der Waals surface area contributed by atoms with Crippen molar-refractivity contribution in [2.45, 2.75) is 0 Å². The van der Waals surface area contributed by atoms with Gasteiger partial charge >= 0.3 is 0 Å². The molecule has 0 saturated carbocycles. The summed E-state index contributed by atoms with van der Waals surface area (Å²) in [5, 5.41) is 7.43. The van der Waals surface area contributed by atoms with E-state index in [9.17, 15) is 0 Å². The second-order valence-corrected chi connectivity index (χ2v) is 14.2. The van der Waals surface area contributed by atoms with Crippen LogP contribution in [-0.4, -0.2) is 9.13 Å². The number of hydrogen-bond acceptors (Lipinski definition) is 0. The van der Waals surface area contributed by atoms with E-state index in [0.29, 0.717) is 0 Å². The maximum absolute atomic E-state index is 2.47. The Morgan fingerprint density at radius 1 is 0.241 bits per heavy atom. The Hall–Kier alpha value is -7.16. The van der Waals surface area contributed by atoms with E-state index in [1.54, 1.807) is 0 Å². The van der Waals surface area contributed by atoms with Crippen molar-refractivity contribution in [1.29, 1.82) is 0 Å². The van der Waals surface area contributed by atoms with Crippen LogP contribution in [0, 0.1) is 0 Å². The van der Waals surface area contributed by atoms with Crippen LogP contribution in [0.15, 0.2) is 206 Å². The molecular weight excluding hydrogens is 653 g/mol. The predicted molar refractivity (Wildman–Crippen MR) is 229 cm³/mol. The van der Waals surface area contributed by atoms with Crippen LogP contribution < -0.4 is 0 Å². The summed E-state index contributed by atoms with van der Waals surface area (Å²) in [5.41, 5.74) is 14.3. The Balaban J connectivity index is 1.22. The van der Waals surface area contributed by atoms with Crippen LogP contribution in [-0.2, 0) is 0 Å². The molecule has 0 fully saturated rings. The average molecular weight is 687 g/mol. The first-order valence-electron chi connectivity index (χ1n) is 18.6. The van der Waals surface area contributed by atoms with Crippen LogP contribution in [0.1, 0.15) is 0 Å². The lowest BCUT2D eigenvalue weighted by Crippen LogP contribution is -1.97. The number of rotatable bonds is 5. The fourth-order valence-electron chi connectivity index (χ4n) is 8.60. The minimum Gasteiger partial charge on any atom is -0.309 e. The minimum atomic E-state index is 1.14. The summed E-state index contributed by atoms with van der Waals surface area (Å²) in [5.74, 6) is 0.